The molecule has 11 nitrogen and oxygen atoms in total. The van der Waals surface area contributed by atoms with Gasteiger partial charge in [0.25, 0.3) is 5.91 Å². The maximum absolute atomic E-state index is 12.3. The summed E-state index contributed by atoms with van der Waals surface area (Å²) >= 11 is 0. The SMILES string of the molecule is CCCc1c(C(=O)N/N=C\c2ccc(C)o2)nnn1-c1nonc1N. The molecule has 0 aliphatic carbocycles. The number of carbonyl (C=O) groups excluding carboxylic acids is 1. The number of carbonyl (C=O) groups is 1. The van der Waals surface area contributed by atoms with E-state index in [4.69, 9.17) is 10.2 Å². The zero-order valence-electron chi connectivity index (χ0n) is 13.6. The summed E-state index contributed by atoms with van der Waals surface area (Å²) in [5.41, 5.74) is 8.73. The molecule has 0 saturated carbocycles. The number of hydrogen-bond donors (Lipinski definition) is 2. The normalized spacial score (nSPS) is 11.3. The van der Waals surface area contributed by atoms with Crippen molar-refractivity contribution in [3.8, 4) is 5.82 Å². The number of amides is 1. The number of nitrogens with one attached hydrogen (secondary N) is 1. The number of hydrazone groups is 1. The van der Waals surface area contributed by atoms with E-state index >= 15 is 0 Å². The van der Waals surface area contributed by atoms with Crippen molar-refractivity contribution in [2.24, 2.45) is 5.10 Å². The van der Waals surface area contributed by atoms with Gasteiger partial charge in [0.2, 0.25) is 11.6 Å². The molecule has 25 heavy (non-hydrogen) atoms. The smallest absolute Gasteiger partial charge is 0.293 e. The molecule has 11 heteroatoms. The quantitative estimate of drug-likeness (QED) is 0.493. The average molecular weight is 344 g/mol. The van der Waals surface area contributed by atoms with Crippen molar-refractivity contribution < 1.29 is 13.8 Å². The second-order valence-electron chi connectivity index (χ2n) is 5.17. The molecular formula is C14H16N8O3. The summed E-state index contributed by atoms with van der Waals surface area (Å²) in [7, 11) is 0. The van der Waals surface area contributed by atoms with Crippen molar-refractivity contribution in [3.63, 3.8) is 0 Å². The lowest BCUT2D eigenvalue weighted by Gasteiger charge is -2.03. The minimum Gasteiger partial charge on any atom is -0.460 e. The predicted molar refractivity (Wildman–Crippen MR) is 86.1 cm³/mol. The Bertz CT molecular complexity index is 907. The van der Waals surface area contributed by atoms with E-state index < -0.39 is 5.91 Å². The maximum atomic E-state index is 12.3. The number of nitrogen functional groups attached to an aromatic ring is 1. The predicted octanol–water partition coefficient (Wildman–Crippen LogP) is 0.850. The van der Waals surface area contributed by atoms with Crippen LogP contribution in [0.5, 0.6) is 0 Å². The molecule has 3 rings (SSSR count). The Balaban J connectivity index is 1.81. The van der Waals surface area contributed by atoms with Gasteiger partial charge >= 0.3 is 0 Å². The number of hydrogen-bond acceptors (Lipinski definition) is 9. The van der Waals surface area contributed by atoms with Gasteiger partial charge in [0.15, 0.2) is 5.69 Å². The molecule has 1 amide bonds. The summed E-state index contributed by atoms with van der Waals surface area (Å²) in [6.45, 7) is 3.77. The Labute approximate surface area is 141 Å². The summed E-state index contributed by atoms with van der Waals surface area (Å²) < 4.78 is 11.2. The molecule has 3 heterocycles. The van der Waals surface area contributed by atoms with Gasteiger partial charge in [-0.3, -0.25) is 4.79 Å². The first-order valence-electron chi connectivity index (χ1n) is 7.53. The van der Waals surface area contributed by atoms with Crippen molar-refractivity contribution in [2.75, 3.05) is 5.73 Å². The molecular weight excluding hydrogens is 328 g/mol. The van der Waals surface area contributed by atoms with Crippen LogP contribution in [-0.2, 0) is 6.42 Å². The van der Waals surface area contributed by atoms with Crippen molar-refractivity contribution in [1.29, 1.82) is 0 Å². The average Bonchev–Trinajstić information content (AvgIpc) is 3.28. The van der Waals surface area contributed by atoms with Crippen LogP contribution in [-0.4, -0.2) is 37.4 Å². The molecule has 0 unspecified atom stereocenters. The van der Waals surface area contributed by atoms with E-state index in [1.54, 1.807) is 12.1 Å². The molecule has 3 aromatic heterocycles. The van der Waals surface area contributed by atoms with E-state index in [2.05, 4.69) is 35.8 Å². The molecule has 0 aliphatic heterocycles. The highest BCUT2D eigenvalue weighted by atomic mass is 16.6. The van der Waals surface area contributed by atoms with Crippen molar-refractivity contribution in [2.45, 2.75) is 26.7 Å². The number of nitrogens with zero attached hydrogens (tertiary/aromatic N) is 6. The second-order valence-corrected chi connectivity index (χ2v) is 5.17. The highest BCUT2D eigenvalue weighted by Gasteiger charge is 2.23. The Morgan fingerprint density at radius 1 is 1.44 bits per heavy atom. The van der Waals surface area contributed by atoms with Gasteiger partial charge in [-0.05, 0) is 35.8 Å². The number of aromatic nitrogens is 5. The van der Waals surface area contributed by atoms with Crippen LogP contribution in [0.1, 0.15) is 41.0 Å². The molecule has 0 saturated heterocycles. The molecule has 0 fully saturated rings. The second kappa shape index (κ2) is 6.95. The number of furan rings is 1. The Morgan fingerprint density at radius 2 is 2.28 bits per heavy atom. The Morgan fingerprint density at radius 3 is 2.92 bits per heavy atom. The van der Waals surface area contributed by atoms with Crippen LogP contribution in [0.4, 0.5) is 5.82 Å². The molecule has 0 bridgehead atoms. The summed E-state index contributed by atoms with van der Waals surface area (Å²) in [6.07, 6.45) is 2.69. The van der Waals surface area contributed by atoms with Gasteiger partial charge < -0.3 is 10.2 Å². The first-order valence-corrected chi connectivity index (χ1v) is 7.53. The van der Waals surface area contributed by atoms with Crippen LogP contribution < -0.4 is 11.2 Å². The zero-order valence-corrected chi connectivity index (χ0v) is 13.6. The number of nitrogens with two attached hydrogens (primary N) is 1. The van der Waals surface area contributed by atoms with Crippen molar-refractivity contribution >= 4 is 17.9 Å². The summed E-state index contributed by atoms with van der Waals surface area (Å²) in [5, 5.41) is 18.9. The van der Waals surface area contributed by atoms with Crippen molar-refractivity contribution in [3.05, 3.63) is 35.0 Å². The zero-order chi connectivity index (χ0) is 17.8. The molecule has 0 aromatic carbocycles. The Hall–Kier alpha value is -3.50. The fourth-order valence-electron chi connectivity index (χ4n) is 2.18. The van der Waals surface area contributed by atoms with E-state index in [0.717, 1.165) is 12.2 Å². The molecule has 0 aliphatic rings. The van der Waals surface area contributed by atoms with Crippen LogP contribution in [0.2, 0.25) is 0 Å². The fourth-order valence-corrected chi connectivity index (χ4v) is 2.18. The largest absolute Gasteiger partial charge is 0.460 e. The monoisotopic (exact) mass is 344 g/mol. The third-order valence-electron chi connectivity index (χ3n) is 3.28. The van der Waals surface area contributed by atoms with Gasteiger partial charge in [0.05, 0.1) is 11.9 Å². The van der Waals surface area contributed by atoms with Crippen LogP contribution >= 0.6 is 0 Å². The van der Waals surface area contributed by atoms with Gasteiger partial charge in [-0.2, -0.15) is 9.78 Å². The van der Waals surface area contributed by atoms with E-state index in [0.29, 0.717) is 17.9 Å². The molecule has 0 radical (unpaired) electrons. The van der Waals surface area contributed by atoms with E-state index in [-0.39, 0.29) is 17.3 Å². The minimum absolute atomic E-state index is 0.0559. The first kappa shape index (κ1) is 16.4. The molecule has 0 spiro atoms. The lowest BCUT2D eigenvalue weighted by atomic mass is 10.2. The first-order chi connectivity index (χ1) is 12.1. The lowest BCUT2D eigenvalue weighted by Crippen LogP contribution is -2.20. The number of anilines is 1. The number of aryl methyl sites for hydroxylation is 1. The van der Waals surface area contributed by atoms with Crippen LogP contribution in [0.15, 0.2) is 26.3 Å². The van der Waals surface area contributed by atoms with E-state index in [1.807, 2.05) is 13.8 Å². The maximum Gasteiger partial charge on any atom is 0.293 e. The Kier molecular flexibility index (Phi) is 4.55. The van der Waals surface area contributed by atoms with Gasteiger partial charge in [-0.15, -0.1) is 5.10 Å². The van der Waals surface area contributed by atoms with Gasteiger partial charge in [-0.1, -0.05) is 18.6 Å². The summed E-state index contributed by atoms with van der Waals surface area (Å²) in [6, 6.07) is 3.54. The highest BCUT2D eigenvalue weighted by molar-refractivity contribution is 5.94. The molecule has 130 valence electrons. The van der Waals surface area contributed by atoms with Gasteiger partial charge in [0.1, 0.15) is 11.5 Å². The summed E-state index contributed by atoms with van der Waals surface area (Å²) in [5.74, 6) is 1.01. The number of rotatable bonds is 6. The van der Waals surface area contributed by atoms with Gasteiger partial charge in [-0.25, -0.2) is 10.1 Å². The van der Waals surface area contributed by atoms with Crippen LogP contribution in [0, 0.1) is 6.92 Å². The highest BCUT2D eigenvalue weighted by Crippen LogP contribution is 2.17. The van der Waals surface area contributed by atoms with Crippen LogP contribution in [0.25, 0.3) is 5.82 Å². The lowest BCUT2D eigenvalue weighted by molar-refractivity contribution is 0.0949. The fraction of sp³-hybridized carbons (Fsp3) is 0.286. The molecule has 0 atom stereocenters. The van der Waals surface area contributed by atoms with Gasteiger partial charge in [0, 0.05) is 0 Å². The topological polar surface area (TPSA) is 150 Å². The standard InChI is InChI=1S/C14H16N8O3/c1-3-4-10-11(17-21-22(10)13-12(15)19-25-20-13)14(23)18-16-7-9-6-5-8(2)24-9/h5-7H,3-4H2,1-2H3,(H2,15,19)(H,18,23)/b16-7-. The van der Waals surface area contributed by atoms with Crippen LogP contribution in [0.3, 0.4) is 0 Å². The molecule has 3 aromatic rings. The minimum atomic E-state index is -0.510. The molecule has 3 N–H and O–H groups in total. The summed E-state index contributed by atoms with van der Waals surface area (Å²) in [4.78, 5) is 12.3. The third kappa shape index (κ3) is 3.39. The van der Waals surface area contributed by atoms with E-state index in [9.17, 15) is 4.79 Å². The van der Waals surface area contributed by atoms with E-state index in [1.165, 1.54) is 10.9 Å². The van der Waals surface area contributed by atoms with Crippen molar-refractivity contribution in [1.82, 2.24) is 30.7 Å². The third-order valence-corrected chi connectivity index (χ3v) is 3.28.